The normalized spacial score (nSPS) is 15.8. The molecular weight excluding hydrogens is 612 g/mol. The molecule has 3 heterocycles. The van der Waals surface area contributed by atoms with E-state index < -0.39 is 0 Å². The molecule has 0 saturated carbocycles. The maximum absolute atomic E-state index is 13.2. The number of benzene rings is 3. The number of allylic oxidation sites excluding steroid dienone is 1. The van der Waals surface area contributed by atoms with Crippen molar-refractivity contribution in [2.24, 2.45) is 10.7 Å². The number of anilines is 1. The van der Waals surface area contributed by atoms with Crippen molar-refractivity contribution in [1.82, 2.24) is 25.2 Å². The fraction of sp³-hybridized carbons (Fsp3) is 0.282. The van der Waals surface area contributed by atoms with E-state index in [4.69, 9.17) is 15.5 Å². The first-order valence-electron chi connectivity index (χ1n) is 16.6. The van der Waals surface area contributed by atoms with Gasteiger partial charge in [-0.1, -0.05) is 68.4 Å². The van der Waals surface area contributed by atoms with Crippen LogP contribution in [-0.2, 0) is 10.2 Å². The molecule has 6 rings (SSSR count). The minimum atomic E-state index is -0.102. The van der Waals surface area contributed by atoms with Gasteiger partial charge < -0.3 is 26.1 Å². The SMILES string of the molecule is CN/C(C)=C\C(N)=N/c1ncc(C)c(-c2c[nH]c3c(NC(=O)CN4CCC(Oc5ccc(C(C)(C)c6ccccc6)cc5)C4)cccc23)n1. The first kappa shape index (κ1) is 33.4. The van der Waals surface area contributed by atoms with Crippen LogP contribution in [0.15, 0.2) is 102 Å². The number of hydrogen-bond donors (Lipinski definition) is 4. The lowest BCUT2D eigenvalue weighted by Crippen LogP contribution is -2.33. The van der Waals surface area contributed by atoms with Crippen LogP contribution < -0.4 is 21.1 Å². The summed E-state index contributed by atoms with van der Waals surface area (Å²) >= 11 is 0. The number of nitrogens with one attached hydrogen (secondary N) is 3. The number of para-hydroxylation sites is 1. The summed E-state index contributed by atoms with van der Waals surface area (Å²) in [6, 6.07) is 24.8. The van der Waals surface area contributed by atoms with Crippen LogP contribution in [0, 0.1) is 6.92 Å². The van der Waals surface area contributed by atoms with Crippen molar-refractivity contribution in [3.8, 4) is 17.0 Å². The topological polar surface area (TPSA) is 134 Å². The van der Waals surface area contributed by atoms with Crippen LogP contribution in [-0.4, -0.2) is 64.4 Å². The third-order valence-electron chi connectivity index (χ3n) is 9.16. The van der Waals surface area contributed by atoms with E-state index in [0.717, 1.165) is 52.1 Å². The lowest BCUT2D eigenvalue weighted by Gasteiger charge is -2.26. The summed E-state index contributed by atoms with van der Waals surface area (Å²) in [5.74, 6) is 1.35. The molecule has 1 atom stereocenters. The van der Waals surface area contributed by atoms with Gasteiger partial charge in [-0.2, -0.15) is 4.99 Å². The number of H-pyrrole nitrogens is 1. The number of rotatable bonds is 11. The van der Waals surface area contributed by atoms with Crippen molar-refractivity contribution in [2.45, 2.75) is 45.6 Å². The van der Waals surface area contributed by atoms with E-state index in [1.54, 1.807) is 12.3 Å². The van der Waals surface area contributed by atoms with Gasteiger partial charge in [0.05, 0.1) is 23.4 Å². The van der Waals surface area contributed by atoms with Crippen molar-refractivity contribution in [3.05, 3.63) is 114 Å². The molecule has 1 fully saturated rings. The molecule has 10 heteroatoms. The molecule has 10 nitrogen and oxygen atoms in total. The first-order chi connectivity index (χ1) is 23.6. The lowest BCUT2D eigenvalue weighted by molar-refractivity contribution is -0.117. The predicted octanol–water partition coefficient (Wildman–Crippen LogP) is 6.46. The highest BCUT2D eigenvalue weighted by atomic mass is 16.5. The van der Waals surface area contributed by atoms with E-state index in [-0.39, 0.29) is 29.9 Å². The molecule has 1 aliphatic rings. The number of carbonyl (C=O) groups is 1. The number of amides is 1. The predicted molar refractivity (Wildman–Crippen MR) is 197 cm³/mol. The summed E-state index contributed by atoms with van der Waals surface area (Å²) < 4.78 is 6.33. The van der Waals surface area contributed by atoms with Crippen LogP contribution in [0.25, 0.3) is 22.2 Å². The average Bonchev–Trinajstić information content (AvgIpc) is 3.73. The summed E-state index contributed by atoms with van der Waals surface area (Å²) in [6.45, 7) is 10.1. The fourth-order valence-electron chi connectivity index (χ4n) is 6.25. The summed E-state index contributed by atoms with van der Waals surface area (Å²) in [6.07, 6.45) is 6.25. The quantitative estimate of drug-likeness (QED) is 0.0947. The zero-order valence-electron chi connectivity index (χ0n) is 28.7. The molecule has 3 aromatic carbocycles. The smallest absolute Gasteiger partial charge is 0.251 e. The zero-order valence-corrected chi connectivity index (χ0v) is 28.7. The Bertz CT molecular complexity index is 2000. The van der Waals surface area contributed by atoms with Crippen LogP contribution in [0.5, 0.6) is 5.75 Å². The molecule has 0 spiro atoms. The number of aromatic nitrogens is 3. The average molecular weight is 657 g/mol. The maximum atomic E-state index is 13.2. The van der Waals surface area contributed by atoms with Crippen LogP contribution in [0.3, 0.4) is 0 Å². The van der Waals surface area contributed by atoms with E-state index in [1.807, 2.05) is 51.4 Å². The minimum absolute atomic E-state index is 0.0271. The second-order valence-corrected chi connectivity index (χ2v) is 13.1. The number of aryl methyl sites for hydroxylation is 1. The number of carbonyl (C=O) groups excluding carboxylic acids is 1. The second kappa shape index (κ2) is 14.3. The van der Waals surface area contributed by atoms with Crippen LogP contribution in [0.4, 0.5) is 11.6 Å². The van der Waals surface area contributed by atoms with Crippen LogP contribution >= 0.6 is 0 Å². The number of amidine groups is 1. The Morgan fingerprint density at radius 1 is 1.10 bits per heavy atom. The molecule has 1 aliphatic heterocycles. The molecule has 0 radical (unpaired) electrons. The summed E-state index contributed by atoms with van der Waals surface area (Å²) in [5.41, 5.74) is 13.4. The lowest BCUT2D eigenvalue weighted by atomic mass is 9.78. The number of ether oxygens (including phenoxy) is 1. The zero-order chi connectivity index (χ0) is 34.5. The summed E-state index contributed by atoms with van der Waals surface area (Å²) in [7, 11) is 1.82. The van der Waals surface area contributed by atoms with Gasteiger partial charge in [-0.25, -0.2) is 9.97 Å². The Labute approximate surface area is 287 Å². The van der Waals surface area contributed by atoms with E-state index in [9.17, 15) is 4.79 Å². The molecular formula is C39H44N8O2. The minimum Gasteiger partial charge on any atom is -0.489 e. The Morgan fingerprint density at radius 3 is 2.61 bits per heavy atom. The molecule has 0 aliphatic carbocycles. The van der Waals surface area contributed by atoms with Gasteiger partial charge in [-0.15, -0.1) is 0 Å². The van der Waals surface area contributed by atoms with Crippen molar-refractivity contribution >= 4 is 34.3 Å². The molecule has 49 heavy (non-hydrogen) atoms. The molecule has 1 amide bonds. The molecule has 5 aromatic rings. The van der Waals surface area contributed by atoms with Crippen molar-refractivity contribution in [2.75, 3.05) is 32.0 Å². The maximum Gasteiger partial charge on any atom is 0.251 e. The Balaban J connectivity index is 1.08. The largest absolute Gasteiger partial charge is 0.489 e. The van der Waals surface area contributed by atoms with Gasteiger partial charge in [0.15, 0.2) is 0 Å². The van der Waals surface area contributed by atoms with Crippen molar-refractivity contribution in [1.29, 1.82) is 0 Å². The highest BCUT2D eigenvalue weighted by Gasteiger charge is 2.27. The van der Waals surface area contributed by atoms with Crippen LogP contribution in [0.2, 0.25) is 0 Å². The van der Waals surface area contributed by atoms with Crippen molar-refractivity contribution in [3.63, 3.8) is 0 Å². The fourth-order valence-corrected chi connectivity index (χ4v) is 6.25. The van der Waals surface area contributed by atoms with Gasteiger partial charge in [-0.3, -0.25) is 9.69 Å². The summed E-state index contributed by atoms with van der Waals surface area (Å²) in [4.78, 5) is 32.1. The standard InChI is InChI=1S/C39H44N8O2/c1-25-21-43-38(45-34(40)20-26(2)41-5)46-36(25)32-22-42-37-31(32)12-9-13-33(37)44-35(48)24-47-19-18-30(23-47)49-29-16-14-28(15-17-29)39(3,4)27-10-7-6-8-11-27/h6-17,20-22,30,41-42H,18-19,23-24H2,1-5H3,(H,44,48)(H2,40,43,45,46)/b26-20-. The molecule has 1 saturated heterocycles. The number of fused-ring (bicyclic) bond motifs is 1. The van der Waals surface area contributed by atoms with Gasteiger partial charge in [-0.05, 0) is 61.2 Å². The molecule has 252 valence electrons. The van der Waals surface area contributed by atoms with E-state index in [0.29, 0.717) is 18.1 Å². The van der Waals surface area contributed by atoms with Gasteiger partial charge in [0.2, 0.25) is 5.91 Å². The monoisotopic (exact) mass is 656 g/mol. The number of aliphatic imine (C=N–C) groups is 1. The van der Waals surface area contributed by atoms with Crippen LogP contribution in [0.1, 0.15) is 43.9 Å². The van der Waals surface area contributed by atoms with Gasteiger partial charge in [0.1, 0.15) is 17.7 Å². The second-order valence-electron chi connectivity index (χ2n) is 13.1. The van der Waals surface area contributed by atoms with Gasteiger partial charge in [0, 0.05) is 54.6 Å². The third kappa shape index (κ3) is 7.65. The molecule has 5 N–H and O–H groups in total. The van der Waals surface area contributed by atoms with E-state index >= 15 is 0 Å². The summed E-state index contributed by atoms with van der Waals surface area (Å²) in [5, 5.41) is 7.07. The van der Waals surface area contributed by atoms with E-state index in [1.165, 1.54) is 11.1 Å². The Hall–Kier alpha value is -5.48. The number of aromatic amines is 1. The van der Waals surface area contributed by atoms with Gasteiger partial charge in [0.25, 0.3) is 5.95 Å². The Morgan fingerprint density at radius 2 is 1.86 bits per heavy atom. The van der Waals surface area contributed by atoms with E-state index in [2.05, 4.69) is 92.9 Å². The first-order valence-corrected chi connectivity index (χ1v) is 16.6. The highest BCUT2D eigenvalue weighted by molar-refractivity contribution is 6.06. The number of hydrogen-bond acceptors (Lipinski definition) is 7. The molecule has 0 bridgehead atoms. The van der Waals surface area contributed by atoms with Gasteiger partial charge >= 0.3 is 0 Å². The Kier molecular flexibility index (Phi) is 9.77. The third-order valence-corrected chi connectivity index (χ3v) is 9.16. The molecule has 2 aromatic heterocycles. The van der Waals surface area contributed by atoms with Crippen molar-refractivity contribution < 1.29 is 9.53 Å². The number of nitrogens with zero attached hydrogens (tertiary/aromatic N) is 4. The number of nitrogens with two attached hydrogens (primary N) is 1. The highest BCUT2D eigenvalue weighted by Crippen LogP contribution is 2.34. The number of likely N-dealkylation sites (tertiary alicyclic amines) is 1. The molecule has 1 unspecified atom stereocenters.